The van der Waals surface area contributed by atoms with Crippen LogP contribution in [0.2, 0.25) is 0 Å². The van der Waals surface area contributed by atoms with Gasteiger partial charge in [0.05, 0.1) is 32.2 Å². The van der Waals surface area contributed by atoms with Gasteiger partial charge in [0, 0.05) is 28.8 Å². The number of hydrogen-bond donors (Lipinski definition) is 0. The highest BCUT2D eigenvalue weighted by molar-refractivity contribution is 5.89. The summed E-state index contributed by atoms with van der Waals surface area (Å²) in [5.74, 6) is 2.00. The van der Waals surface area contributed by atoms with Gasteiger partial charge in [0.25, 0.3) is 0 Å². The summed E-state index contributed by atoms with van der Waals surface area (Å²) < 4.78 is 19.1. The summed E-state index contributed by atoms with van der Waals surface area (Å²) in [6, 6.07) is 13.9. The summed E-state index contributed by atoms with van der Waals surface area (Å²) in [7, 11) is 3.28. The maximum atomic E-state index is 13.2. The van der Waals surface area contributed by atoms with Crippen molar-refractivity contribution < 1.29 is 19.0 Å². The lowest BCUT2D eigenvalue weighted by atomic mass is 10.0. The molecule has 186 valence electrons. The van der Waals surface area contributed by atoms with Crippen LogP contribution in [-0.2, 0) is 17.9 Å². The third-order valence-electron chi connectivity index (χ3n) is 6.59. The number of carbonyl (C=O) groups excluding carboxylic acids is 1. The summed E-state index contributed by atoms with van der Waals surface area (Å²) >= 11 is 0. The van der Waals surface area contributed by atoms with Crippen LogP contribution in [0.5, 0.6) is 17.2 Å². The van der Waals surface area contributed by atoms with Crippen LogP contribution >= 0.6 is 0 Å². The third kappa shape index (κ3) is 4.34. The van der Waals surface area contributed by atoms with E-state index in [2.05, 4.69) is 18.1 Å². The Hall–Kier alpha value is -4.07. The Morgan fingerprint density at radius 1 is 1.06 bits per heavy atom. The maximum Gasteiger partial charge on any atom is 0.244 e. The van der Waals surface area contributed by atoms with Gasteiger partial charge in [0.1, 0.15) is 24.4 Å². The first-order chi connectivity index (χ1) is 17.4. The van der Waals surface area contributed by atoms with Gasteiger partial charge in [-0.25, -0.2) is 4.98 Å². The highest BCUT2D eigenvalue weighted by Gasteiger charge is 2.24. The van der Waals surface area contributed by atoms with E-state index >= 15 is 0 Å². The maximum absolute atomic E-state index is 13.2. The van der Waals surface area contributed by atoms with Gasteiger partial charge >= 0.3 is 0 Å². The lowest BCUT2D eigenvalue weighted by Crippen LogP contribution is -2.35. The topological polar surface area (TPSA) is 78.7 Å². The van der Waals surface area contributed by atoms with Crippen molar-refractivity contribution in [1.82, 2.24) is 19.7 Å². The van der Waals surface area contributed by atoms with E-state index in [1.165, 1.54) is 0 Å². The van der Waals surface area contributed by atoms with Gasteiger partial charge < -0.3 is 19.1 Å². The monoisotopic (exact) mass is 486 g/mol. The molecule has 3 heterocycles. The van der Waals surface area contributed by atoms with Crippen molar-refractivity contribution in [3.63, 3.8) is 0 Å². The van der Waals surface area contributed by atoms with Crippen molar-refractivity contribution >= 4 is 16.8 Å². The quantitative estimate of drug-likeness (QED) is 0.414. The second-order valence-corrected chi connectivity index (χ2v) is 9.10. The molecule has 0 bridgehead atoms. The first-order valence-electron chi connectivity index (χ1n) is 11.9. The van der Waals surface area contributed by atoms with E-state index in [4.69, 9.17) is 19.2 Å². The smallest absolute Gasteiger partial charge is 0.244 e. The molecule has 0 radical (unpaired) electrons. The number of hydrogen-bond acceptors (Lipinski definition) is 6. The summed E-state index contributed by atoms with van der Waals surface area (Å²) in [4.78, 5) is 20.0. The number of ether oxygens (including phenoxy) is 3. The molecule has 8 heteroatoms. The zero-order valence-electron chi connectivity index (χ0n) is 21.3. The lowest BCUT2D eigenvalue weighted by molar-refractivity contribution is -0.132. The molecule has 0 aliphatic carbocycles. The molecule has 0 atom stereocenters. The van der Waals surface area contributed by atoms with Crippen molar-refractivity contribution in [3.05, 3.63) is 65.0 Å². The molecule has 0 N–H and O–H groups in total. The Balaban J connectivity index is 1.53. The molecule has 0 saturated carbocycles. The van der Waals surface area contributed by atoms with Gasteiger partial charge in [-0.15, -0.1) is 0 Å². The highest BCUT2D eigenvalue weighted by Crippen LogP contribution is 2.39. The molecule has 1 aliphatic rings. The van der Waals surface area contributed by atoms with Crippen molar-refractivity contribution in [2.75, 3.05) is 27.4 Å². The van der Waals surface area contributed by atoms with E-state index < -0.39 is 0 Å². The van der Waals surface area contributed by atoms with Crippen molar-refractivity contribution in [1.29, 1.82) is 0 Å². The fourth-order valence-electron chi connectivity index (χ4n) is 4.76. The molecule has 0 spiro atoms. The van der Waals surface area contributed by atoms with Crippen LogP contribution in [0.3, 0.4) is 0 Å². The van der Waals surface area contributed by atoms with Gasteiger partial charge in [-0.1, -0.05) is 12.1 Å². The number of pyridine rings is 1. The summed E-state index contributed by atoms with van der Waals surface area (Å²) in [6.45, 7) is 7.42. The average Bonchev–Trinajstić information content (AvgIpc) is 3.05. The second kappa shape index (κ2) is 9.53. The van der Waals surface area contributed by atoms with Gasteiger partial charge in [0.15, 0.2) is 11.5 Å². The van der Waals surface area contributed by atoms with Crippen LogP contribution in [0.15, 0.2) is 42.5 Å². The van der Waals surface area contributed by atoms with Crippen LogP contribution in [0, 0.1) is 20.8 Å². The Labute approximate surface area is 210 Å². The molecule has 5 rings (SSSR count). The molecule has 8 nitrogen and oxygen atoms in total. The standard InChI is InChI=1S/C28H30N4O4/c1-17-11-23(29-27-22(17)7-6-8-24(27)34-4)20-13-21-15-31(9-10-36-28(21)25(14-20)35-5)26(33)16-32-19(3)12-18(2)30-32/h6-8,11-14H,9-10,15-16H2,1-5H3. The van der Waals surface area contributed by atoms with Gasteiger partial charge in [-0.2, -0.15) is 5.10 Å². The Kier molecular flexibility index (Phi) is 6.26. The van der Waals surface area contributed by atoms with E-state index in [0.29, 0.717) is 31.2 Å². The molecule has 2 aromatic carbocycles. The molecule has 2 aromatic heterocycles. The minimum Gasteiger partial charge on any atom is -0.494 e. The zero-order chi connectivity index (χ0) is 25.4. The molecule has 36 heavy (non-hydrogen) atoms. The number of amides is 1. The normalized spacial score (nSPS) is 13.2. The molecule has 1 amide bonds. The number of rotatable bonds is 5. The van der Waals surface area contributed by atoms with Gasteiger partial charge in [0.2, 0.25) is 5.91 Å². The van der Waals surface area contributed by atoms with E-state index in [1.54, 1.807) is 18.9 Å². The van der Waals surface area contributed by atoms with Crippen molar-refractivity contribution in [3.8, 4) is 28.5 Å². The van der Waals surface area contributed by atoms with Gasteiger partial charge in [-0.3, -0.25) is 9.48 Å². The number of nitrogens with zero attached hydrogens (tertiary/aromatic N) is 4. The highest BCUT2D eigenvalue weighted by atomic mass is 16.5. The Morgan fingerprint density at radius 2 is 1.86 bits per heavy atom. The molecule has 0 unspecified atom stereocenters. The number of carbonyl (C=O) groups is 1. The summed E-state index contributed by atoms with van der Waals surface area (Å²) in [5.41, 5.74) is 6.33. The predicted octanol–water partition coefficient (Wildman–Crippen LogP) is 4.46. The fraction of sp³-hybridized carbons (Fsp3) is 0.321. The molecule has 1 aliphatic heterocycles. The number of fused-ring (bicyclic) bond motifs is 2. The summed E-state index contributed by atoms with van der Waals surface area (Å²) in [6.07, 6.45) is 0. The first kappa shape index (κ1) is 23.7. The predicted molar refractivity (Wildman–Crippen MR) is 138 cm³/mol. The van der Waals surface area contributed by atoms with Gasteiger partial charge in [-0.05, 0) is 56.7 Å². The van der Waals surface area contributed by atoms with Crippen molar-refractivity contribution in [2.45, 2.75) is 33.9 Å². The molecule has 0 saturated heterocycles. The van der Waals surface area contributed by atoms with E-state index in [-0.39, 0.29) is 12.5 Å². The van der Waals surface area contributed by atoms with E-state index in [0.717, 1.165) is 50.4 Å². The minimum atomic E-state index is -0.00793. The minimum absolute atomic E-state index is 0.00793. The number of aryl methyl sites for hydroxylation is 3. The Bertz CT molecular complexity index is 1460. The first-order valence-corrected chi connectivity index (χ1v) is 11.9. The number of para-hydroxylation sites is 1. The molecular weight excluding hydrogens is 456 g/mol. The molecule has 4 aromatic rings. The summed E-state index contributed by atoms with van der Waals surface area (Å²) in [5, 5.41) is 5.49. The molecular formula is C28H30N4O4. The van der Waals surface area contributed by atoms with E-state index in [9.17, 15) is 4.79 Å². The van der Waals surface area contributed by atoms with Crippen molar-refractivity contribution in [2.24, 2.45) is 0 Å². The van der Waals surface area contributed by atoms with Crippen LogP contribution < -0.4 is 14.2 Å². The molecule has 0 fully saturated rings. The lowest BCUT2D eigenvalue weighted by Gasteiger charge is -2.20. The number of aromatic nitrogens is 3. The van der Waals surface area contributed by atoms with Crippen LogP contribution in [0.25, 0.3) is 22.2 Å². The zero-order valence-corrected chi connectivity index (χ0v) is 21.3. The average molecular weight is 487 g/mol. The fourth-order valence-corrected chi connectivity index (χ4v) is 4.76. The van der Waals surface area contributed by atoms with Crippen LogP contribution in [0.1, 0.15) is 22.5 Å². The largest absolute Gasteiger partial charge is 0.494 e. The van der Waals surface area contributed by atoms with E-state index in [1.807, 2.05) is 55.1 Å². The Morgan fingerprint density at radius 3 is 2.58 bits per heavy atom. The van der Waals surface area contributed by atoms with Crippen LogP contribution in [-0.4, -0.2) is 52.9 Å². The third-order valence-corrected chi connectivity index (χ3v) is 6.59. The number of benzene rings is 2. The second-order valence-electron chi connectivity index (χ2n) is 9.10. The number of methoxy groups -OCH3 is 2. The van der Waals surface area contributed by atoms with Crippen LogP contribution in [0.4, 0.5) is 0 Å². The SMILES string of the molecule is COc1cc(-c2cc(C)c3cccc(OC)c3n2)cc2c1OCCN(C(=O)Cn1nc(C)cc1C)C2.